The summed E-state index contributed by atoms with van der Waals surface area (Å²) < 4.78 is 45.8. The van der Waals surface area contributed by atoms with Crippen LogP contribution < -0.4 is 10.6 Å². The molecule has 30 heavy (non-hydrogen) atoms. The zero-order chi connectivity index (χ0) is 22.3. The Bertz CT molecular complexity index is 988. The van der Waals surface area contributed by atoms with Gasteiger partial charge in [0, 0.05) is 5.69 Å². The molecule has 1 aliphatic rings. The van der Waals surface area contributed by atoms with E-state index in [0.717, 1.165) is 17.7 Å². The van der Waals surface area contributed by atoms with Gasteiger partial charge in [-0.25, -0.2) is 0 Å². The Morgan fingerprint density at radius 1 is 1.13 bits per heavy atom. The Balaban J connectivity index is 1.82. The highest BCUT2D eigenvalue weighted by Crippen LogP contribution is 2.59. The Labute approximate surface area is 172 Å². The van der Waals surface area contributed by atoms with Crippen molar-refractivity contribution in [1.82, 2.24) is 0 Å². The van der Waals surface area contributed by atoms with E-state index in [-0.39, 0.29) is 28.5 Å². The lowest BCUT2D eigenvalue weighted by atomic mass is 10.1. The van der Waals surface area contributed by atoms with Crippen LogP contribution >= 0.6 is 0 Å². The van der Waals surface area contributed by atoms with Gasteiger partial charge in [0.2, 0.25) is 5.91 Å². The number of hydrogen-bond donors (Lipinski definition) is 2. The fourth-order valence-corrected chi connectivity index (χ4v) is 3.63. The van der Waals surface area contributed by atoms with E-state index in [0.29, 0.717) is 0 Å². The molecule has 2 N–H and O–H groups in total. The number of hydrogen-bond acceptors (Lipinski definition) is 3. The molecule has 0 radical (unpaired) electrons. The molecular weight excluding hydrogens is 397 g/mol. The highest BCUT2D eigenvalue weighted by molar-refractivity contribution is 6.02. The van der Waals surface area contributed by atoms with E-state index in [4.69, 9.17) is 4.42 Å². The second-order valence-corrected chi connectivity index (χ2v) is 8.25. The van der Waals surface area contributed by atoms with Crippen LogP contribution in [0.3, 0.4) is 0 Å². The zero-order valence-corrected chi connectivity index (χ0v) is 17.1. The number of halogens is 3. The molecule has 0 bridgehead atoms. The van der Waals surface area contributed by atoms with Crippen molar-refractivity contribution in [2.75, 3.05) is 10.6 Å². The fourth-order valence-electron chi connectivity index (χ4n) is 3.63. The van der Waals surface area contributed by atoms with Gasteiger partial charge in [-0.1, -0.05) is 25.5 Å². The Morgan fingerprint density at radius 2 is 1.83 bits per heavy atom. The summed E-state index contributed by atoms with van der Waals surface area (Å²) in [5, 5.41) is 4.79. The van der Waals surface area contributed by atoms with Crippen LogP contribution in [0.4, 0.5) is 24.5 Å². The van der Waals surface area contributed by atoms with E-state index >= 15 is 0 Å². The van der Waals surface area contributed by atoms with Crippen LogP contribution in [0.5, 0.6) is 0 Å². The average Bonchev–Trinajstić information content (AvgIpc) is 3.01. The topological polar surface area (TPSA) is 71.3 Å². The molecule has 0 aliphatic heterocycles. The van der Waals surface area contributed by atoms with Gasteiger partial charge in [0.1, 0.15) is 0 Å². The predicted octanol–water partition coefficient (Wildman–Crippen LogP) is 5.73. The second-order valence-electron chi connectivity index (χ2n) is 8.25. The SMILES string of the molecule is CC(C)=CC1C(C(=O)Nc2ccc(NC(=O)c3ccco3)cc2C(F)(F)F)C1(C)C. The first-order valence-electron chi connectivity index (χ1n) is 9.43. The number of benzene rings is 1. The minimum absolute atomic E-state index is 0.0244. The third-order valence-corrected chi connectivity index (χ3v) is 5.29. The standard InChI is InChI=1S/C22H23F3N2O3/c1-12(2)10-15-18(21(15,3)4)20(29)27-16-8-7-13(11-14(16)22(23,24)25)26-19(28)17-6-5-9-30-17/h5-11,15,18H,1-4H3,(H,26,28)(H,27,29). The van der Waals surface area contributed by atoms with E-state index in [2.05, 4.69) is 10.6 Å². The smallest absolute Gasteiger partial charge is 0.418 e. The van der Waals surface area contributed by atoms with E-state index in [9.17, 15) is 22.8 Å². The van der Waals surface area contributed by atoms with E-state index in [1.807, 2.05) is 33.8 Å². The molecule has 0 saturated heterocycles. The summed E-state index contributed by atoms with van der Waals surface area (Å²) >= 11 is 0. The number of carbonyl (C=O) groups excluding carboxylic acids is 2. The van der Waals surface area contributed by atoms with Crippen LogP contribution in [0.15, 0.2) is 52.7 Å². The molecule has 1 aromatic carbocycles. The average molecular weight is 420 g/mol. The molecule has 2 atom stereocenters. The molecule has 160 valence electrons. The van der Waals surface area contributed by atoms with E-state index in [1.165, 1.54) is 24.5 Å². The van der Waals surface area contributed by atoms with Crippen LogP contribution in [0, 0.1) is 17.3 Å². The maximum Gasteiger partial charge on any atom is 0.418 e. The number of alkyl halides is 3. The van der Waals surface area contributed by atoms with Crippen molar-refractivity contribution in [3.8, 4) is 0 Å². The van der Waals surface area contributed by atoms with Gasteiger partial charge in [0.25, 0.3) is 5.91 Å². The molecule has 3 rings (SSSR count). The summed E-state index contributed by atoms with van der Waals surface area (Å²) in [4.78, 5) is 24.7. The molecule has 2 unspecified atom stereocenters. The summed E-state index contributed by atoms with van der Waals surface area (Å²) in [5.74, 6) is -1.59. The molecule has 1 aliphatic carbocycles. The summed E-state index contributed by atoms with van der Waals surface area (Å²) in [6.45, 7) is 7.67. The number of nitrogens with one attached hydrogen (secondary N) is 2. The van der Waals surface area contributed by atoms with Crippen LogP contribution in [0.1, 0.15) is 43.8 Å². The molecule has 1 heterocycles. The number of allylic oxidation sites excluding steroid dienone is 2. The van der Waals surface area contributed by atoms with Gasteiger partial charge in [-0.3, -0.25) is 9.59 Å². The predicted molar refractivity (Wildman–Crippen MR) is 107 cm³/mol. The van der Waals surface area contributed by atoms with Gasteiger partial charge >= 0.3 is 6.18 Å². The van der Waals surface area contributed by atoms with Crippen molar-refractivity contribution in [3.05, 3.63) is 59.6 Å². The normalized spacial score (nSPS) is 19.7. The van der Waals surface area contributed by atoms with Crippen LogP contribution in [0.25, 0.3) is 0 Å². The van der Waals surface area contributed by atoms with Gasteiger partial charge < -0.3 is 15.1 Å². The highest BCUT2D eigenvalue weighted by atomic mass is 19.4. The third-order valence-electron chi connectivity index (χ3n) is 5.29. The number of rotatable bonds is 5. The Morgan fingerprint density at radius 3 is 2.40 bits per heavy atom. The van der Waals surface area contributed by atoms with Crippen LogP contribution in [-0.4, -0.2) is 11.8 Å². The number of carbonyl (C=O) groups is 2. The van der Waals surface area contributed by atoms with Gasteiger partial charge in [-0.05, 0) is 55.5 Å². The van der Waals surface area contributed by atoms with Crippen molar-refractivity contribution in [2.45, 2.75) is 33.9 Å². The van der Waals surface area contributed by atoms with E-state index < -0.39 is 29.5 Å². The molecule has 2 aromatic rings. The van der Waals surface area contributed by atoms with Gasteiger partial charge in [0.15, 0.2) is 5.76 Å². The molecule has 8 heteroatoms. The van der Waals surface area contributed by atoms with Crippen molar-refractivity contribution in [2.24, 2.45) is 17.3 Å². The number of furan rings is 1. The molecular formula is C22H23F3N2O3. The first kappa shape index (κ1) is 21.7. The first-order valence-corrected chi connectivity index (χ1v) is 9.43. The molecule has 2 amide bonds. The fraction of sp³-hybridized carbons (Fsp3) is 0.364. The third kappa shape index (κ3) is 4.42. The van der Waals surface area contributed by atoms with Crippen LogP contribution in [0.2, 0.25) is 0 Å². The van der Waals surface area contributed by atoms with Crippen molar-refractivity contribution in [3.63, 3.8) is 0 Å². The number of anilines is 2. The highest BCUT2D eigenvalue weighted by Gasteiger charge is 2.60. The summed E-state index contributed by atoms with van der Waals surface area (Å²) in [6, 6.07) is 6.13. The van der Waals surface area contributed by atoms with Gasteiger partial charge in [0.05, 0.1) is 23.4 Å². The summed E-state index contributed by atoms with van der Waals surface area (Å²) in [6.07, 6.45) is -1.45. The van der Waals surface area contributed by atoms with Crippen molar-refractivity contribution < 1.29 is 27.2 Å². The van der Waals surface area contributed by atoms with Crippen LogP contribution in [-0.2, 0) is 11.0 Å². The van der Waals surface area contributed by atoms with Crippen molar-refractivity contribution in [1.29, 1.82) is 0 Å². The largest absolute Gasteiger partial charge is 0.459 e. The summed E-state index contributed by atoms with van der Waals surface area (Å²) in [7, 11) is 0. The lowest BCUT2D eigenvalue weighted by Gasteiger charge is -2.16. The zero-order valence-electron chi connectivity index (χ0n) is 17.1. The maximum absolute atomic E-state index is 13.6. The maximum atomic E-state index is 13.6. The quantitative estimate of drug-likeness (QED) is 0.607. The second kappa shape index (κ2) is 7.66. The Hall–Kier alpha value is -3.03. The molecule has 1 fully saturated rings. The molecule has 1 aromatic heterocycles. The van der Waals surface area contributed by atoms with E-state index in [1.54, 1.807) is 0 Å². The Kier molecular flexibility index (Phi) is 5.54. The first-order chi connectivity index (χ1) is 13.9. The van der Waals surface area contributed by atoms with Crippen molar-refractivity contribution >= 4 is 23.2 Å². The minimum Gasteiger partial charge on any atom is -0.459 e. The van der Waals surface area contributed by atoms with Gasteiger partial charge in [-0.2, -0.15) is 13.2 Å². The minimum atomic E-state index is -4.72. The lowest BCUT2D eigenvalue weighted by molar-refractivity contribution is -0.136. The molecule has 1 saturated carbocycles. The number of amides is 2. The monoisotopic (exact) mass is 420 g/mol. The summed E-state index contributed by atoms with van der Waals surface area (Å²) in [5.41, 5.74) is -0.712. The van der Waals surface area contributed by atoms with Gasteiger partial charge in [-0.15, -0.1) is 0 Å². The molecule has 0 spiro atoms. The molecule has 5 nitrogen and oxygen atoms in total. The lowest BCUT2D eigenvalue weighted by Crippen LogP contribution is -2.20.